The SMILES string of the molecule is Cc1cccc(NC2CCN(CCC(=O)N3CCN(C)CC3)CC2)c1. The van der Waals surface area contributed by atoms with Crippen molar-refractivity contribution in [1.82, 2.24) is 14.7 Å². The Labute approximate surface area is 152 Å². The number of carbonyl (C=O) groups is 1. The van der Waals surface area contributed by atoms with Crippen LogP contribution in [0, 0.1) is 6.92 Å². The molecule has 2 saturated heterocycles. The van der Waals surface area contributed by atoms with Crippen molar-refractivity contribution in [2.75, 3.05) is 58.2 Å². The summed E-state index contributed by atoms with van der Waals surface area (Å²) in [6.07, 6.45) is 2.97. The van der Waals surface area contributed by atoms with Crippen LogP contribution in [0.4, 0.5) is 5.69 Å². The zero-order valence-corrected chi connectivity index (χ0v) is 15.7. The topological polar surface area (TPSA) is 38.8 Å². The molecular weight excluding hydrogens is 312 g/mol. The van der Waals surface area contributed by atoms with Crippen molar-refractivity contribution in [1.29, 1.82) is 0 Å². The maximum atomic E-state index is 12.4. The summed E-state index contributed by atoms with van der Waals surface area (Å²) in [6, 6.07) is 9.14. The predicted octanol–water partition coefficient (Wildman–Crippen LogP) is 2.04. The third-order valence-electron chi connectivity index (χ3n) is 5.47. The molecule has 5 heteroatoms. The van der Waals surface area contributed by atoms with Crippen LogP contribution in [-0.4, -0.2) is 79.5 Å². The smallest absolute Gasteiger partial charge is 0.223 e. The second kappa shape index (κ2) is 8.68. The molecule has 138 valence electrons. The van der Waals surface area contributed by atoms with E-state index in [0.717, 1.165) is 58.7 Å². The first-order chi connectivity index (χ1) is 12.1. The lowest BCUT2D eigenvalue weighted by atomic mass is 10.0. The minimum Gasteiger partial charge on any atom is -0.382 e. The monoisotopic (exact) mass is 344 g/mol. The van der Waals surface area contributed by atoms with Gasteiger partial charge in [0.15, 0.2) is 0 Å². The van der Waals surface area contributed by atoms with Crippen LogP contribution in [0.25, 0.3) is 0 Å². The number of rotatable bonds is 5. The molecule has 25 heavy (non-hydrogen) atoms. The minimum atomic E-state index is 0.327. The first-order valence-electron chi connectivity index (χ1n) is 9.62. The molecule has 2 aliphatic heterocycles. The number of hydrogen-bond donors (Lipinski definition) is 1. The molecule has 1 aromatic rings. The van der Waals surface area contributed by atoms with E-state index in [1.807, 2.05) is 4.90 Å². The van der Waals surface area contributed by atoms with Crippen molar-refractivity contribution in [2.24, 2.45) is 0 Å². The van der Waals surface area contributed by atoms with Gasteiger partial charge in [0.05, 0.1) is 0 Å². The van der Waals surface area contributed by atoms with Crippen LogP contribution >= 0.6 is 0 Å². The Morgan fingerprint density at radius 2 is 1.84 bits per heavy atom. The van der Waals surface area contributed by atoms with Gasteiger partial charge in [-0.15, -0.1) is 0 Å². The Hall–Kier alpha value is -1.59. The van der Waals surface area contributed by atoms with Crippen molar-refractivity contribution in [3.63, 3.8) is 0 Å². The standard InChI is InChI=1S/C20H32N4O/c1-17-4-3-5-19(16-17)21-18-6-9-23(10-7-18)11-8-20(25)24-14-12-22(2)13-15-24/h3-5,16,18,21H,6-15H2,1-2H3. The van der Waals surface area contributed by atoms with Gasteiger partial charge >= 0.3 is 0 Å². The van der Waals surface area contributed by atoms with Gasteiger partial charge in [0.1, 0.15) is 0 Å². The highest BCUT2D eigenvalue weighted by molar-refractivity contribution is 5.76. The number of piperazine rings is 1. The fourth-order valence-corrected chi connectivity index (χ4v) is 3.74. The second-order valence-corrected chi connectivity index (χ2v) is 7.56. The Bertz CT molecular complexity index is 561. The van der Waals surface area contributed by atoms with E-state index in [9.17, 15) is 4.79 Å². The zero-order valence-electron chi connectivity index (χ0n) is 15.7. The van der Waals surface area contributed by atoms with E-state index in [4.69, 9.17) is 0 Å². The molecule has 2 fully saturated rings. The summed E-state index contributed by atoms with van der Waals surface area (Å²) in [6.45, 7) is 8.98. The van der Waals surface area contributed by atoms with Gasteiger partial charge in [0.2, 0.25) is 5.91 Å². The Morgan fingerprint density at radius 1 is 1.12 bits per heavy atom. The fourth-order valence-electron chi connectivity index (χ4n) is 3.74. The van der Waals surface area contributed by atoms with E-state index in [1.54, 1.807) is 0 Å². The van der Waals surface area contributed by atoms with Crippen molar-refractivity contribution in [3.8, 4) is 0 Å². The number of aryl methyl sites for hydroxylation is 1. The van der Waals surface area contributed by atoms with Crippen LogP contribution in [0.5, 0.6) is 0 Å². The highest BCUT2D eigenvalue weighted by atomic mass is 16.2. The number of hydrogen-bond acceptors (Lipinski definition) is 4. The summed E-state index contributed by atoms with van der Waals surface area (Å²) in [5.41, 5.74) is 2.52. The molecule has 0 unspecified atom stereocenters. The second-order valence-electron chi connectivity index (χ2n) is 7.56. The molecule has 0 atom stereocenters. The highest BCUT2D eigenvalue weighted by Crippen LogP contribution is 2.18. The minimum absolute atomic E-state index is 0.327. The van der Waals surface area contributed by atoms with Gasteiger partial charge in [0, 0.05) is 64.0 Å². The van der Waals surface area contributed by atoms with Crippen LogP contribution in [0.1, 0.15) is 24.8 Å². The molecule has 0 spiro atoms. The molecule has 2 heterocycles. The number of likely N-dealkylation sites (tertiary alicyclic amines) is 1. The summed E-state index contributed by atoms with van der Waals surface area (Å²) in [4.78, 5) is 19.1. The number of nitrogens with zero attached hydrogens (tertiary/aromatic N) is 3. The number of piperidine rings is 1. The lowest BCUT2D eigenvalue weighted by Crippen LogP contribution is -2.48. The van der Waals surface area contributed by atoms with Gasteiger partial charge in [-0.25, -0.2) is 0 Å². The van der Waals surface area contributed by atoms with E-state index >= 15 is 0 Å². The average Bonchev–Trinajstić information content (AvgIpc) is 2.61. The van der Waals surface area contributed by atoms with Gasteiger partial charge in [-0.1, -0.05) is 12.1 Å². The molecule has 3 rings (SSSR count). The maximum absolute atomic E-state index is 12.4. The van der Waals surface area contributed by atoms with Crippen LogP contribution in [0.2, 0.25) is 0 Å². The van der Waals surface area contributed by atoms with Gasteiger partial charge < -0.3 is 20.0 Å². The molecule has 0 saturated carbocycles. The molecular formula is C20H32N4O. The normalized spacial score (nSPS) is 20.6. The molecule has 0 aliphatic carbocycles. The molecule has 1 N–H and O–H groups in total. The van der Waals surface area contributed by atoms with Crippen LogP contribution < -0.4 is 5.32 Å². The lowest BCUT2D eigenvalue weighted by molar-refractivity contribution is -0.133. The average molecular weight is 345 g/mol. The van der Waals surface area contributed by atoms with Crippen LogP contribution in [0.3, 0.4) is 0 Å². The van der Waals surface area contributed by atoms with Crippen molar-refractivity contribution >= 4 is 11.6 Å². The van der Waals surface area contributed by atoms with Crippen LogP contribution in [-0.2, 0) is 4.79 Å². The third-order valence-corrected chi connectivity index (χ3v) is 5.47. The Balaban J connectivity index is 1.36. The molecule has 0 aromatic heterocycles. The van der Waals surface area contributed by atoms with Crippen molar-refractivity contribution < 1.29 is 4.79 Å². The number of carbonyl (C=O) groups excluding carboxylic acids is 1. The summed E-state index contributed by atoms with van der Waals surface area (Å²) < 4.78 is 0. The van der Waals surface area contributed by atoms with Crippen molar-refractivity contribution in [2.45, 2.75) is 32.2 Å². The first-order valence-corrected chi connectivity index (χ1v) is 9.62. The molecule has 1 amide bonds. The van der Waals surface area contributed by atoms with E-state index in [0.29, 0.717) is 18.4 Å². The van der Waals surface area contributed by atoms with E-state index < -0.39 is 0 Å². The van der Waals surface area contributed by atoms with Crippen LogP contribution in [0.15, 0.2) is 24.3 Å². The quantitative estimate of drug-likeness (QED) is 0.887. The zero-order chi connectivity index (χ0) is 17.6. The Kier molecular flexibility index (Phi) is 6.32. The van der Waals surface area contributed by atoms with Gasteiger partial charge in [-0.3, -0.25) is 4.79 Å². The summed E-state index contributed by atoms with van der Waals surface area (Å²) in [5, 5.41) is 3.66. The number of amides is 1. The van der Waals surface area contributed by atoms with Crippen molar-refractivity contribution in [3.05, 3.63) is 29.8 Å². The lowest BCUT2D eigenvalue weighted by Gasteiger charge is -2.35. The summed E-state index contributed by atoms with van der Waals surface area (Å²) in [5.74, 6) is 0.327. The predicted molar refractivity (Wildman–Crippen MR) is 103 cm³/mol. The maximum Gasteiger partial charge on any atom is 0.223 e. The largest absolute Gasteiger partial charge is 0.382 e. The van der Waals surface area contributed by atoms with E-state index in [2.05, 4.69) is 53.4 Å². The summed E-state index contributed by atoms with van der Waals surface area (Å²) >= 11 is 0. The van der Waals surface area contributed by atoms with Gasteiger partial charge in [-0.2, -0.15) is 0 Å². The molecule has 1 aromatic carbocycles. The molecule has 2 aliphatic rings. The number of likely N-dealkylation sites (N-methyl/N-ethyl adjacent to an activating group) is 1. The third kappa shape index (κ3) is 5.44. The molecule has 5 nitrogen and oxygen atoms in total. The number of benzene rings is 1. The Morgan fingerprint density at radius 3 is 2.52 bits per heavy atom. The van der Waals surface area contributed by atoms with E-state index in [1.165, 1.54) is 11.3 Å². The summed E-state index contributed by atoms with van der Waals surface area (Å²) in [7, 11) is 2.12. The number of nitrogens with one attached hydrogen (secondary N) is 1. The number of anilines is 1. The first kappa shape index (κ1) is 18.2. The van der Waals surface area contributed by atoms with Gasteiger partial charge in [0.25, 0.3) is 0 Å². The van der Waals surface area contributed by atoms with E-state index in [-0.39, 0.29) is 0 Å². The fraction of sp³-hybridized carbons (Fsp3) is 0.650. The van der Waals surface area contributed by atoms with Gasteiger partial charge in [-0.05, 0) is 44.5 Å². The molecule has 0 radical (unpaired) electrons. The highest BCUT2D eigenvalue weighted by Gasteiger charge is 2.22. The molecule has 0 bridgehead atoms.